The summed E-state index contributed by atoms with van der Waals surface area (Å²) in [6.45, 7) is 4.93. The molecule has 1 heterocycles. The van der Waals surface area contributed by atoms with E-state index in [0.29, 0.717) is 22.8 Å². The van der Waals surface area contributed by atoms with E-state index in [1.54, 1.807) is 24.5 Å². The highest BCUT2D eigenvalue weighted by atomic mass is 16.3. The van der Waals surface area contributed by atoms with Crippen LogP contribution in [0, 0.1) is 34.5 Å². The highest BCUT2D eigenvalue weighted by molar-refractivity contribution is 5.97. The van der Waals surface area contributed by atoms with E-state index in [1.165, 1.54) is 44.2 Å². The van der Waals surface area contributed by atoms with Gasteiger partial charge in [0.2, 0.25) is 0 Å². The number of carbonyl (C=O) groups excluding carboxylic acids is 1. The van der Waals surface area contributed by atoms with Gasteiger partial charge >= 0.3 is 0 Å². The van der Waals surface area contributed by atoms with Gasteiger partial charge in [-0.3, -0.25) is 9.78 Å². The van der Waals surface area contributed by atoms with Crippen molar-refractivity contribution in [2.24, 2.45) is 39.6 Å². The average Bonchev–Trinajstić information content (AvgIpc) is 3.09. The molecule has 4 fully saturated rings. The van der Waals surface area contributed by atoms with Crippen molar-refractivity contribution in [3.63, 3.8) is 0 Å². The molecular formula is C25H35N3O2. The summed E-state index contributed by atoms with van der Waals surface area (Å²) in [5, 5.41) is 14.9. The molecule has 4 aliphatic carbocycles. The number of hydrogen-bond donors (Lipinski definition) is 2. The molecule has 2 N–H and O–H groups in total. The van der Waals surface area contributed by atoms with Gasteiger partial charge in [-0.2, -0.15) is 5.10 Å². The summed E-state index contributed by atoms with van der Waals surface area (Å²) < 4.78 is 0. The van der Waals surface area contributed by atoms with Crippen LogP contribution in [0.4, 0.5) is 0 Å². The molecule has 1 aromatic rings. The van der Waals surface area contributed by atoms with Gasteiger partial charge in [0.15, 0.2) is 0 Å². The van der Waals surface area contributed by atoms with E-state index >= 15 is 0 Å². The maximum atomic E-state index is 12.5. The topological polar surface area (TPSA) is 74.6 Å². The van der Waals surface area contributed by atoms with Crippen LogP contribution in [0.2, 0.25) is 0 Å². The predicted molar refractivity (Wildman–Crippen MR) is 117 cm³/mol. The molecule has 7 atom stereocenters. The zero-order valence-electron chi connectivity index (χ0n) is 18.3. The van der Waals surface area contributed by atoms with Crippen LogP contribution in [0.15, 0.2) is 29.6 Å². The van der Waals surface area contributed by atoms with Crippen molar-refractivity contribution in [3.05, 3.63) is 30.1 Å². The fourth-order valence-corrected chi connectivity index (χ4v) is 7.89. The third-order valence-corrected chi connectivity index (χ3v) is 9.61. The smallest absolute Gasteiger partial charge is 0.271 e. The van der Waals surface area contributed by atoms with Crippen molar-refractivity contribution in [2.75, 3.05) is 0 Å². The van der Waals surface area contributed by atoms with Crippen LogP contribution in [0.1, 0.15) is 82.0 Å². The van der Waals surface area contributed by atoms with Gasteiger partial charge in [-0.15, -0.1) is 0 Å². The lowest BCUT2D eigenvalue weighted by Crippen LogP contribution is -2.54. The van der Waals surface area contributed by atoms with Crippen LogP contribution in [-0.4, -0.2) is 27.8 Å². The van der Waals surface area contributed by atoms with Crippen LogP contribution in [0.3, 0.4) is 0 Å². The maximum absolute atomic E-state index is 12.5. The number of amides is 1. The number of fused-ring (bicyclic) bond motifs is 5. The Labute approximate surface area is 179 Å². The Morgan fingerprint density at radius 2 is 1.90 bits per heavy atom. The number of carbonyl (C=O) groups is 1. The van der Waals surface area contributed by atoms with Crippen LogP contribution in [0.5, 0.6) is 0 Å². The molecule has 0 radical (unpaired) electrons. The lowest BCUT2D eigenvalue weighted by molar-refractivity contribution is -0.113. The minimum absolute atomic E-state index is 0.0808. The zero-order chi connectivity index (χ0) is 20.9. The molecule has 4 aliphatic rings. The van der Waals surface area contributed by atoms with Crippen molar-refractivity contribution in [2.45, 2.75) is 77.7 Å². The first-order valence-corrected chi connectivity index (χ1v) is 11.9. The molecule has 7 unspecified atom stereocenters. The van der Waals surface area contributed by atoms with Crippen LogP contribution in [0.25, 0.3) is 0 Å². The number of pyridine rings is 1. The molecule has 0 bridgehead atoms. The predicted octanol–water partition coefficient (Wildman–Crippen LogP) is 4.57. The Bertz CT molecular complexity index is 840. The van der Waals surface area contributed by atoms with E-state index < -0.39 is 0 Å². The second kappa shape index (κ2) is 7.44. The molecular weight excluding hydrogens is 374 g/mol. The Kier molecular flexibility index (Phi) is 5.00. The van der Waals surface area contributed by atoms with E-state index in [-0.39, 0.29) is 17.4 Å². The summed E-state index contributed by atoms with van der Waals surface area (Å²) in [4.78, 5) is 16.4. The molecule has 30 heavy (non-hydrogen) atoms. The highest BCUT2D eigenvalue weighted by Crippen LogP contribution is 2.65. The van der Waals surface area contributed by atoms with Crippen LogP contribution < -0.4 is 5.43 Å². The third-order valence-electron chi connectivity index (χ3n) is 9.61. The van der Waals surface area contributed by atoms with Gasteiger partial charge < -0.3 is 5.11 Å². The monoisotopic (exact) mass is 409 g/mol. The van der Waals surface area contributed by atoms with Crippen molar-refractivity contribution >= 4 is 11.6 Å². The molecule has 5 heteroatoms. The van der Waals surface area contributed by atoms with Gasteiger partial charge in [-0.05, 0) is 99.0 Å². The normalized spacial score (nSPS) is 44.1. The molecule has 0 saturated heterocycles. The van der Waals surface area contributed by atoms with Crippen molar-refractivity contribution in [3.8, 4) is 0 Å². The summed E-state index contributed by atoms with van der Waals surface area (Å²) in [5.41, 5.74) is 5.13. The molecule has 0 aliphatic heterocycles. The number of aromatic nitrogens is 1. The highest BCUT2D eigenvalue weighted by Gasteiger charge is 2.59. The quantitative estimate of drug-likeness (QED) is 0.703. The van der Waals surface area contributed by atoms with Gasteiger partial charge in [0.25, 0.3) is 5.91 Å². The van der Waals surface area contributed by atoms with Crippen LogP contribution >= 0.6 is 0 Å². The minimum atomic E-state index is -0.153. The summed E-state index contributed by atoms with van der Waals surface area (Å²) in [5.74, 6) is 2.77. The second-order valence-corrected chi connectivity index (χ2v) is 10.8. The average molecular weight is 410 g/mol. The molecule has 1 aromatic heterocycles. The maximum Gasteiger partial charge on any atom is 0.271 e. The minimum Gasteiger partial charge on any atom is -0.393 e. The van der Waals surface area contributed by atoms with Crippen molar-refractivity contribution < 1.29 is 9.90 Å². The number of aliphatic hydroxyl groups is 1. The fraction of sp³-hybridized carbons (Fsp3) is 0.720. The van der Waals surface area contributed by atoms with Gasteiger partial charge in [0, 0.05) is 29.1 Å². The standard InChI is InChI=1S/C25H35N3O2/c1-24-11-7-18(29)15-17(24)3-4-19-20-5-6-22(25(20,2)12-8-21(19)24)27-28-23(30)16-9-13-26-14-10-16/h9-10,13-14,17-21,29H,3-8,11-12,15H2,1-2H3,(H,28,30)/b27-22+. The van der Waals surface area contributed by atoms with Crippen molar-refractivity contribution in [1.29, 1.82) is 0 Å². The summed E-state index contributed by atoms with van der Waals surface area (Å²) in [6, 6.07) is 3.44. The molecule has 0 spiro atoms. The SMILES string of the molecule is CC12CCC3C(CCC4CC(O)CCC43C)C1CC/C2=N\NC(=O)c1ccncc1. The number of hydrogen-bond acceptors (Lipinski definition) is 4. The summed E-state index contributed by atoms with van der Waals surface area (Å²) in [6.07, 6.45) is 13.6. The number of rotatable bonds is 2. The van der Waals surface area contributed by atoms with Gasteiger partial charge in [-0.1, -0.05) is 13.8 Å². The Balaban J connectivity index is 1.33. The summed E-state index contributed by atoms with van der Waals surface area (Å²) in [7, 11) is 0. The fourth-order valence-electron chi connectivity index (χ4n) is 7.89. The third kappa shape index (κ3) is 3.12. The van der Waals surface area contributed by atoms with Gasteiger partial charge in [0.1, 0.15) is 0 Å². The molecule has 162 valence electrons. The molecule has 5 rings (SSSR count). The first kappa shape index (κ1) is 20.2. The Morgan fingerprint density at radius 3 is 2.70 bits per heavy atom. The first-order valence-electron chi connectivity index (χ1n) is 11.9. The second-order valence-electron chi connectivity index (χ2n) is 10.8. The Hall–Kier alpha value is -1.75. The lowest BCUT2D eigenvalue weighted by atomic mass is 9.45. The van der Waals surface area contributed by atoms with Gasteiger partial charge in [-0.25, -0.2) is 5.43 Å². The van der Waals surface area contributed by atoms with E-state index in [2.05, 4.69) is 29.4 Å². The zero-order valence-corrected chi connectivity index (χ0v) is 18.3. The van der Waals surface area contributed by atoms with Crippen LogP contribution in [-0.2, 0) is 0 Å². The number of nitrogens with zero attached hydrogens (tertiary/aromatic N) is 2. The number of hydrazone groups is 1. The number of aliphatic hydroxyl groups excluding tert-OH is 1. The van der Waals surface area contributed by atoms with E-state index in [1.807, 2.05) is 0 Å². The molecule has 5 nitrogen and oxygen atoms in total. The largest absolute Gasteiger partial charge is 0.393 e. The van der Waals surface area contributed by atoms with E-state index in [0.717, 1.165) is 31.1 Å². The molecule has 0 aromatic carbocycles. The van der Waals surface area contributed by atoms with Crippen molar-refractivity contribution in [1.82, 2.24) is 10.4 Å². The molecule has 1 amide bonds. The lowest BCUT2D eigenvalue weighted by Gasteiger charge is -2.60. The summed E-state index contributed by atoms with van der Waals surface area (Å²) >= 11 is 0. The van der Waals surface area contributed by atoms with E-state index in [4.69, 9.17) is 0 Å². The molecule has 4 saturated carbocycles. The Morgan fingerprint density at radius 1 is 1.10 bits per heavy atom. The first-order chi connectivity index (χ1) is 14.4. The van der Waals surface area contributed by atoms with E-state index in [9.17, 15) is 9.90 Å². The van der Waals surface area contributed by atoms with Gasteiger partial charge in [0.05, 0.1) is 6.10 Å². The number of nitrogens with one attached hydrogen (secondary N) is 1.